The SMILES string of the molecule is CC(C)C(NC(=O)c1ccc(F)cc1)C(=O)N1CCc2c(F)cc(F)cc21. The maximum Gasteiger partial charge on any atom is 0.251 e. The molecule has 3 rings (SSSR count). The fourth-order valence-corrected chi connectivity index (χ4v) is 3.16. The number of carbonyl (C=O) groups is 2. The van der Waals surface area contributed by atoms with Crippen molar-refractivity contribution in [2.75, 3.05) is 11.4 Å². The quantitative estimate of drug-likeness (QED) is 0.889. The Morgan fingerprint density at radius 3 is 2.33 bits per heavy atom. The second kappa shape index (κ2) is 7.42. The number of benzene rings is 2. The molecule has 0 spiro atoms. The largest absolute Gasteiger partial charge is 0.340 e. The summed E-state index contributed by atoms with van der Waals surface area (Å²) in [4.78, 5) is 26.7. The van der Waals surface area contributed by atoms with E-state index < -0.39 is 35.3 Å². The van der Waals surface area contributed by atoms with Gasteiger partial charge in [-0.2, -0.15) is 0 Å². The lowest BCUT2D eigenvalue weighted by atomic mass is 10.0. The molecule has 7 heteroatoms. The highest BCUT2D eigenvalue weighted by Crippen LogP contribution is 2.32. The van der Waals surface area contributed by atoms with Crippen molar-refractivity contribution in [1.82, 2.24) is 5.32 Å². The minimum absolute atomic E-state index is 0.194. The number of nitrogens with zero attached hydrogens (tertiary/aromatic N) is 1. The Morgan fingerprint density at radius 1 is 1.04 bits per heavy atom. The van der Waals surface area contributed by atoms with Crippen LogP contribution in [0.25, 0.3) is 0 Å². The molecule has 0 saturated heterocycles. The molecular weight excluding hydrogens is 357 g/mol. The molecule has 0 bridgehead atoms. The summed E-state index contributed by atoms with van der Waals surface area (Å²) < 4.78 is 40.6. The van der Waals surface area contributed by atoms with Crippen LogP contribution in [0.4, 0.5) is 18.9 Å². The van der Waals surface area contributed by atoms with E-state index in [-0.39, 0.29) is 35.7 Å². The first-order chi connectivity index (χ1) is 12.8. The highest BCUT2D eigenvalue weighted by molar-refractivity contribution is 6.03. The van der Waals surface area contributed by atoms with Gasteiger partial charge in [0.25, 0.3) is 5.91 Å². The molecule has 2 amide bonds. The second-order valence-corrected chi connectivity index (χ2v) is 6.83. The van der Waals surface area contributed by atoms with Gasteiger partial charge in [-0.1, -0.05) is 13.8 Å². The van der Waals surface area contributed by atoms with Crippen molar-refractivity contribution < 1.29 is 22.8 Å². The maximum atomic E-state index is 13.9. The topological polar surface area (TPSA) is 49.4 Å². The summed E-state index contributed by atoms with van der Waals surface area (Å²) in [6, 6.07) is 5.99. The van der Waals surface area contributed by atoms with Crippen molar-refractivity contribution in [3.63, 3.8) is 0 Å². The normalized spacial score (nSPS) is 14.2. The second-order valence-electron chi connectivity index (χ2n) is 6.83. The predicted molar refractivity (Wildman–Crippen MR) is 94.9 cm³/mol. The minimum Gasteiger partial charge on any atom is -0.340 e. The molecule has 0 radical (unpaired) electrons. The van der Waals surface area contributed by atoms with Crippen LogP contribution in [-0.2, 0) is 11.2 Å². The van der Waals surface area contributed by atoms with Crippen LogP contribution >= 0.6 is 0 Å². The summed E-state index contributed by atoms with van der Waals surface area (Å²) in [5.41, 5.74) is 0.699. The molecule has 0 fully saturated rings. The van der Waals surface area contributed by atoms with E-state index in [2.05, 4.69) is 5.32 Å². The molecule has 1 unspecified atom stereocenters. The number of nitrogens with one attached hydrogen (secondary N) is 1. The van der Waals surface area contributed by atoms with Gasteiger partial charge in [-0.25, -0.2) is 13.2 Å². The first-order valence-corrected chi connectivity index (χ1v) is 8.63. The van der Waals surface area contributed by atoms with Crippen molar-refractivity contribution in [3.8, 4) is 0 Å². The number of amides is 2. The highest BCUT2D eigenvalue weighted by Gasteiger charge is 2.34. The Hall–Kier alpha value is -2.83. The zero-order valence-electron chi connectivity index (χ0n) is 14.9. The van der Waals surface area contributed by atoms with E-state index in [0.717, 1.165) is 24.3 Å². The number of hydrogen-bond acceptors (Lipinski definition) is 2. The van der Waals surface area contributed by atoms with E-state index in [9.17, 15) is 22.8 Å². The van der Waals surface area contributed by atoms with E-state index in [1.165, 1.54) is 17.0 Å². The number of carbonyl (C=O) groups excluding carboxylic acids is 2. The van der Waals surface area contributed by atoms with Crippen LogP contribution in [0.15, 0.2) is 36.4 Å². The molecule has 1 aliphatic rings. The van der Waals surface area contributed by atoms with E-state index >= 15 is 0 Å². The lowest BCUT2D eigenvalue weighted by Gasteiger charge is -2.27. The molecule has 0 saturated carbocycles. The zero-order chi connectivity index (χ0) is 19.7. The van der Waals surface area contributed by atoms with Crippen LogP contribution < -0.4 is 10.2 Å². The standard InChI is InChI=1S/C20H19F3N2O2/c1-11(2)18(24-19(26)12-3-5-13(21)6-4-12)20(27)25-8-7-15-16(23)9-14(22)10-17(15)25/h3-6,9-11,18H,7-8H2,1-2H3,(H,24,26). The van der Waals surface area contributed by atoms with Crippen LogP contribution in [0.5, 0.6) is 0 Å². The predicted octanol–water partition coefficient (Wildman–Crippen LogP) is 3.45. The highest BCUT2D eigenvalue weighted by atomic mass is 19.1. The Bertz CT molecular complexity index is 882. The molecule has 1 aliphatic heterocycles. The van der Waals surface area contributed by atoms with E-state index in [0.29, 0.717) is 0 Å². The summed E-state index contributed by atoms with van der Waals surface area (Å²) in [6.45, 7) is 3.73. The average molecular weight is 376 g/mol. The van der Waals surface area contributed by atoms with Crippen molar-refractivity contribution in [2.24, 2.45) is 5.92 Å². The van der Waals surface area contributed by atoms with Gasteiger partial charge in [-0.05, 0) is 42.7 Å². The monoisotopic (exact) mass is 376 g/mol. The zero-order valence-corrected chi connectivity index (χ0v) is 14.9. The van der Waals surface area contributed by atoms with Crippen molar-refractivity contribution in [2.45, 2.75) is 26.3 Å². The van der Waals surface area contributed by atoms with Gasteiger partial charge in [-0.3, -0.25) is 9.59 Å². The fraction of sp³-hybridized carbons (Fsp3) is 0.300. The third kappa shape index (κ3) is 3.82. The van der Waals surface area contributed by atoms with Crippen LogP contribution in [0.2, 0.25) is 0 Å². The summed E-state index contributed by atoms with van der Waals surface area (Å²) in [5.74, 6) is -3.14. The molecule has 0 aromatic heterocycles. The van der Waals surface area contributed by atoms with Gasteiger partial charge in [-0.15, -0.1) is 0 Å². The van der Waals surface area contributed by atoms with Crippen molar-refractivity contribution >= 4 is 17.5 Å². The van der Waals surface area contributed by atoms with Gasteiger partial charge >= 0.3 is 0 Å². The molecule has 0 aliphatic carbocycles. The molecular formula is C20H19F3N2O2. The van der Waals surface area contributed by atoms with E-state index in [1.807, 2.05) is 0 Å². The third-order valence-electron chi connectivity index (χ3n) is 4.60. The Labute approximate surface area is 155 Å². The minimum atomic E-state index is -0.889. The van der Waals surface area contributed by atoms with Crippen molar-refractivity contribution in [1.29, 1.82) is 0 Å². The number of halogens is 3. The van der Waals surface area contributed by atoms with Crippen LogP contribution in [0.1, 0.15) is 29.8 Å². The van der Waals surface area contributed by atoms with Gasteiger partial charge in [0.1, 0.15) is 23.5 Å². The smallest absolute Gasteiger partial charge is 0.251 e. The first-order valence-electron chi connectivity index (χ1n) is 8.63. The molecule has 1 N–H and O–H groups in total. The number of rotatable bonds is 4. The molecule has 1 heterocycles. The van der Waals surface area contributed by atoms with E-state index in [4.69, 9.17) is 0 Å². The summed E-state index contributed by atoms with van der Waals surface area (Å²) in [5, 5.41) is 2.65. The van der Waals surface area contributed by atoms with Gasteiger partial charge in [0, 0.05) is 23.7 Å². The Kier molecular flexibility index (Phi) is 5.21. The van der Waals surface area contributed by atoms with Gasteiger partial charge in [0.05, 0.1) is 5.69 Å². The Balaban J connectivity index is 1.83. The molecule has 4 nitrogen and oxygen atoms in total. The third-order valence-corrected chi connectivity index (χ3v) is 4.60. The van der Waals surface area contributed by atoms with Gasteiger partial charge in [0.2, 0.25) is 5.91 Å². The summed E-state index contributed by atoms with van der Waals surface area (Å²) in [7, 11) is 0. The summed E-state index contributed by atoms with van der Waals surface area (Å²) in [6.07, 6.45) is 0.282. The molecule has 2 aromatic rings. The molecule has 27 heavy (non-hydrogen) atoms. The lowest BCUT2D eigenvalue weighted by Crippen LogP contribution is -2.51. The average Bonchev–Trinajstić information content (AvgIpc) is 3.03. The van der Waals surface area contributed by atoms with Crippen LogP contribution in [-0.4, -0.2) is 24.4 Å². The van der Waals surface area contributed by atoms with Gasteiger partial charge in [0.15, 0.2) is 0 Å². The maximum absolute atomic E-state index is 13.9. The van der Waals surface area contributed by atoms with Crippen molar-refractivity contribution in [3.05, 3.63) is 65.0 Å². The lowest BCUT2D eigenvalue weighted by molar-refractivity contribution is -0.121. The molecule has 142 valence electrons. The molecule has 1 atom stereocenters. The Morgan fingerprint density at radius 2 is 1.70 bits per heavy atom. The van der Waals surface area contributed by atoms with E-state index in [1.54, 1.807) is 13.8 Å². The summed E-state index contributed by atoms with van der Waals surface area (Å²) >= 11 is 0. The number of fused-ring (bicyclic) bond motifs is 1. The van der Waals surface area contributed by atoms with Crippen LogP contribution in [0.3, 0.4) is 0 Å². The fourth-order valence-electron chi connectivity index (χ4n) is 3.16. The number of hydrogen-bond donors (Lipinski definition) is 1. The van der Waals surface area contributed by atoms with Crippen LogP contribution in [0, 0.1) is 23.4 Å². The molecule has 2 aromatic carbocycles. The number of anilines is 1. The first kappa shape index (κ1) is 18.9. The van der Waals surface area contributed by atoms with Gasteiger partial charge < -0.3 is 10.2 Å².